The Morgan fingerprint density at radius 1 is 1.40 bits per heavy atom. The van der Waals surface area contributed by atoms with Crippen molar-refractivity contribution < 1.29 is 0 Å². The van der Waals surface area contributed by atoms with Crippen molar-refractivity contribution in [1.82, 2.24) is 14.5 Å². The van der Waals surface area contributed by atoms with Crippen LogP contribution in [0, 0.1) is 17.2 Å². The van der Waals surface area contributed by atoms with Crippen LogP contribution in [-0.2, 0) is 12.0 Å². The first-order chi connectivity index (χ1) is 11.5. The summed E-state index contributed by atoms with van der Waals surface area (Å²) >= 11 is 1.58. The number of hydrogen-bond acceptors (Lipinski definition) is 5. The highest BCUT2D eigenvalue weighted by atomic mass is 32.2. The first kappa shape index (κ1) is 18.0. The van der Waals surface area contributed by atoms with Gasteiger partial charge in [-0.1, -0.05) is 25.6 Å². The van der Waals surface area contributed by atoms with Crippen molar-refractivity contribution in [1.29, 1.82) is 5.26 Å². The van der Waals surface area contributed by atoms with Crippen molar-refractivity contribution in [2.45, 2.75) is 43.8 Å². The molecule has 130 valence electrons. The van der Waals surface area contributed by atoms with E-state index in [0.717, 1.165) is 29.9 Å². The summed E-state index contributed by atoms with van der Waals surface area (Å²) in [5.41, 5.74) is 2.33. The molecular formula is C18H20N4OS2. The Morgan fingerprint density at radius 2 is 2.16 bits per heavy atom. The molecule has 2 aromatic heterocycles. The van der Waals surface area contributed by atoms with Crippen LogP contribution in [0.1, 0.15) is 37.9 Å². The van der Waals surface area contributed by atoms with Crippen LogP contribution in [0.15, 0.2) is 28.3 Å². The lowest BCUT2D eigenvalue weighted by Gasteiger charge is -2.22. The summed E-state index contributed by atoms with van der Waals surface area (Å²) in [4.78, 5) is 21.9. The van der Waals surface area contributed by atoms with Gasteiger partial charge in [0, 0.05) is 35.2 Å². The number of thioether (sulfide) groups is 1. The van der Waals surface area contributed by atoms with E-state index in [2.05, 4.69) is 29.9 Å². The van der Waals surface area contributed by atoms with Crippen LogP contribution in [-0.4, -0.2) is 20.3 Å². The highest BCUT2D eigenvalue weighted by Gasteiger charge is 2.40. The zero-order valence-corrected chi connectivity index (χ0v) is 16.1. The Labute approximate surface area is 158 Å². The first-order valence-electron chi connectivity index (χ1n) is 8.16. The van der Waals surface area contributed by atoms with E-state index in [4.69, 9.17) is 0 Å². The molecule has 0 amide bonds. The molecular weight excluding hydrogens is 352 g/mol. The zero-order chi connectivity index (χ0) is 16.9. The summed E-state index contributed by atoms with van der Waals surface area (Å²) < 4.78 is 1.63. The number of nitriles is 1. The molecule has 1 fully saturated rings. The Morgan fingerprint density at radius 3 is 2.76 bits per heavy atom. The minimum Gasteiger partial charge on any atom is -0.286 e. The highest BCUT2D eigenvalue weighted by molar-refractivity contribution is 7.99. The molecule has 0 radical (unpaired) electrons. The van der Waals surface area contributed by atoms with E-state index >= 15 is 0 Å². The Bertz CT molecular complexity index is 910. The molecule has 4 rings (SSSR count). The van der Waals surface area contributed by atoms with Gasteiger partial charge in [0.1, 0.15) is 11.6 Å². The number of nitrogens with zero attached hydrogens (tertiary/aromatic N) is 4. The number of pyridine rings is 1. The normalized spacial score (nSPS) is 20.1. The second kappa shape index (κ2) is 6.50. The predicted octanol–water partition coefficient (Wildman–Crippen LogP) is 3.08. The fraction of sp³-hybridized carbons (Fsp3) is 0.444. The monoisotopic (exact) mass is 372 g/mol. The minimum absolute atomic E-state index is 0. The molecule has 2 aromatic rings. The van der Waals surface area contributed by atoms with Gasteiger partial charge in [-0.05, 0) is 30.9 Å². The van der Waals surface area contributed by atoms with E-state index in [9.17, 15) is 10.1 Å². The number of aromatic nitrogens is 3. The lowest BCUT2D eigenvalue weighted by atomic mass is 10.0. The van der Waals surface area contributed by atoms with Crippen molar-refractivity contribution in [3.8, 4) is 17.3 Å². The van der Waals surface area contributed by atoms with E-state index in [1.54, 1.807) is 22.5 Å². The maximum Gasteiger partial charge on any atom is 0.272 e. The molecule has 25 heavy (non-hydrogen) atoms. The fourth-order valence-corrected chi connectivity index (χ4v) is 4.04. The third-order valence-corrected chi connectivity index (χ3v) is 6.20. The van der Waals surface area contributed by atoms with Gasteiger partial charge in [0.05, 0.1) is 5.69 Å². The van der Waals surface area contributed by atoms with Gasteiger partial charge in [0.2, 0.25) is 0 Å². The summed E-state index contributed by atoms with van der Waals surface area (Å²) in [7, 11) is 0. The van der Waals surface area contributed by atoms with Gasteiger partial charge in [-0.15, -0.1) is 0 Å². The lowest BCUT2D eigenvalue weighted by molar-refractivity contribution is 0.460. The van der Waals surface area contributed by atoms with Gasteiger partial charge >= 0.3 is 0 Å². The highest BCUT2D eigenvalue weighted by Crippen LogP contribution is 2.46. The molecule has 1 aliphatic heterocycles. The quantitative estimate of drug-likeness (QED) is 0.758. The standard InChI is InChI=1S/C18H18N4OS.H2S/c1-11-9-22-16(23)13(7-19)15(21-17(22)24-10-11)12-3-4-14(20-8-12)18(2)5-6-18;/h3-4,8,11H,5-6,9-10H2,1-2H3;1H2/t11-;/m0./s1. The van der Waals surface area contributed by atoms with Gasteiger partial charge in [0.15, 0.2) is 5.16 Å². The molecule has 5 nitrogen and oxygen atoms in total. The van der Waals surface area contributed by atoms with Crippen LogP contribution >= 0.6 is 25.3 Å². The van der Waals surface area contributed by atoms with E-state index < -0.39 is 0 Å². The maximum atomic E-state index is 12.7. The average Bonchev–Trinajstić information content (AvgIpc) is 3.34. The van der Waals surface area contributed by atoms with Gasteiger partial charge in [-0.25, -0.2) is 4.98 Å². The molecule has 0 spiro atoms. The Hall–Kier alpha value is -1.78. The maximum absolute atomic E-state index is 12.7. The summed E-state index contributed by atoms with van der Waals surface area (Å²) in [5.74, 6) is 1.34. The number of rotatable bonds is 2. The van der Waals surface area contributed by atoms with Crippen LogP contribution < -0.4 is 5.56 Å². The zero-order valence-electron chi connectivity index (χ0n) is 14.2. The molecule has 1 atom stereocenters. The molecule has 0 N–H and O–H groups in total. The Balaban J connectivity index is 0.00000182. The number of fused-ring (bicyclic) bond motifs is 1. The van der Waals surface area contributed by atoms with Crippen molar-refractivity contribution in [3.63, 3.8) is 0 Å². The summed E-state index contributed by atoms with van der Waals surface area (Å²) in [6.45, 7) is 4.93. The van der Waals surface area contributed by atoms with Crippen LogP contribution in [0.2, 0.25) is 0 Å². The second-order valence-corrected chi connectivity index (χ2v) is 8.04. The van der Waals surface area contributed by atoms with Crippen LogP contribution in [0.3, 0.4) is 0 Å². The average molecular weight is 373 g/mol. The molecule has 0 aromatic carbocycles. The molecule has 0 saturated heterocycles. The minimum atomic E-state index is -0.241. The molecule has 3 heterocycles. The third kappa shape index (κ3) is 3.09. The molecule has 2 aliphatic rings. The van der Waals surface area contributed by atoms with E-state index in [0.29, 0.717) is 23.3 Å². The van der Waals surface area contributed by atoms with Crippen LogP contribution in [0.5, 0.6) is 0 Å². The van der Waals surface area contributed by atoms with Gasteiger partial charge in [0.25, 0.3) is 5.56 Å². The Kier molecular flexibility index (Phi) is 4.69. The van der Waals surface area contributed by atoms with Crippen LogP contribution in [0.4, 0.5) is 0 Å². The molecule has 1 saturated carbocycles. The molecule has 7 heteroatoms. The molecule has 0 bridgehead atoms. The fourth-order valence-electron chi connectivity index (χ4n) is 3.03. The van der Waals surface area contributed by atoms with Crippen molar-refractivity contribution in [2.24, 2.45) is 5.92 Å². The van der Waals surface area contributed by atoms with E-state index in [1.165, 1.54) is 0 Å². The second-order valence-electron chi connectivity index (χ2n) is 7.05. The van der Waals surface area contributed by atoms with Crippen molar-refractivity contribution >= 4 is 25.3 Å². The van der Waals surface area contributed by atoms with Crippen LogP contribution in [0.25, 0.3) is 11.3 Å². The summed E-state index contributed by atoms with van der Waals surface area (Å²) in [6, 6.07) is 5.98. The van der Waals surface area contributed by atoms with Gasteiger partial charge in [-0.3, -0.25) is 14.3 Å². The smallest absolute Gasteiger partial charge is 0.272 e. The lowest BCUT2D eigenvalue weighted by Crippen LogP contribution is -2.32. The predicted molar refractivity (Wildman–Crippen MR) is 103 cm³/mol. The van der Waals surface area contributed by atoms with Gasteiger partial charge < -0.3 is 0 Å². The topological polar surface area (TPSA) is 71.6 Å². The number of hydrogen-bond donors (Lipinski definition) is 0. The SMILES string of the molecule is C[C@@H]1CSc2nc(-c3ccc(C4(C)CC4)nc3)c(C#N)c(=O)n2C1.S. The molecule has 0 unspecified atom stereocenters. The van der Waals surface area contributed by atoms with Crippen molar-refractivity contribution in [2.75, 3.05) is 5.75 Å². The van der Waals surface area contributed by atoms with E-state index in [-0.39, 0.29) is 30.0 Å². The van der Waals surface area contributed by atoms with Gasteiger partial charge in [-0.2, -0.15) is 18.8 Å². The summed E-state index contributed by atoms with van der Waals surface area (Å²) in [6.07, 6.45) is 4.07. The van der Waals surface area contributed by atoms with Crippen molar-refractivity contribution in [3.05, 3.63) is 39.9 Å². The third-order valence-electron chi connectivity index (χ3n) is 4.89. The first-order valence-corrected chi connectivity index (χ1v) is 9.15. The van der Waals surface area contributed by atoms with E-state index in [1.807, 2.05) is 12.1 Å². The molecule has 1 aliphatic carbocycles. The summed E-state index contributed by atoms with van der Waals surface area (Å²) in [5, 5.41) is 10.2. The largest absolute Gasteiger partial charge is 0.286 e.